The van der Waals surface area contributed by atoms with Gasteiger partial charge in [-0.15, -0.1) is 0 Å². The van der Waals surface area contributed by atoms with Gasteiger partial charge in [0.15, 0.2) is 0 Å². The molecule has 1 atom stereocenters. The van der Waals surface area contributed by atoms with Crippen molar-refractivity contribution in [2.75, 3.05) is 39.5 Å². The third-order valence-corrected chi connectivity index (χ3v) is 3.69. The van der Waals surface area contributed by atoms with Crippen molar-refractivity contribution in [3.63, 3.8) is 0 Å². The predicted molar refractivity (Wildman–Crippen MR) is 81.3 cm³/mol. The zero-order chi connectivity index (χ0) is 16.7. The Morgan fingerprint density at radius 3 is 2.91 bits per heavy atom. The van der Waals surface area contributed by atoms with Gasteiger partial charge in [0.25, 0.3) is 5.91 Å². The molecule has 0 spiro atoms. The van der Waals surface area contributed by atoms with E-state index in [4.69, 9.17) is 4.74 Å². The first kappa shape index (κ1) is 17.4. The average Bonchev–Trinajstić information content (AvgIpc) is 2.80. The second-order valence-corrected chi connectivity index (χ2v) is 5.45. The highest BCUT2D eigenvalue weighted by atomic mass is 19.1. The van der Waals surface area contributed by atoms with E-state index in [1.165, 1.54) is 18.2 Å². The number of benzene rings is 1. The van der Waals surface area contributed by atoms with Crippen molar-refractivity contribution in [2.45, 2.75) is 6.42 Å². The van der Waals surface area contributed by atoms with Crippen LogP contribution in [0.5, 0.6) is 0 Å². The molecular weight excluding hydrogens is 303 g/mol. The number of carbonyl (C=O) groups excluding carboxylic acids is 2. The molecule has 1 heterocycles. The summed E-state index contributed by atoms with van der Waals surface area (Å²) in [5.41, 5.74) is -0.0385. The van der Waals surface area contributed by atoms with Crippen molar-refractivity contribution in [2.24, 2.45) is 5.92 Å². The summed E-state index contributed by atoms with van der Waals surface area (Å²) in [5.74, 6) is -1.34. The first-order valence-electron chi connectivity index (χ1n) is 7.61. The van der Waals surface area contributed by atoms with E-state index in [2.05, 4.69) is 5.32 Å². The molecule has 1 aromatic carbocycles. The van der Waals surface area contributed by atoms with Crippen LogP contribution in [-0.4, -0.2) is 61.3 Å². The topological polar surface area (TPSA) is 78.9 Å². The molecule has 1 saturated heterocycles. The van der Waals surface area contributed by atoms with Gasteiger partial charge in [0.2, 0.25) is 5.91 Å². The van der Waals surface area contributed by atoms with Crippen LogP contribution in [0, 0.1) is 11.7 Å². The van der Waals surface area contributed by atoms with Gasteiger partial charge in [0.1, 0.15) is 5.82 Å². The normalized spacial score (nSPS) is 18.3. The monoisotopic (exact) mass is 324 g/mol. The number of nitrogens with zero attached hydrogens (tertiary/aromatic N) is 1. The highest BCUT2D eigenvalue weighted by Gasteiger charge is 2.22. The molecule has 0 bridgehead atoms. The number of halogens is 1. The maximum atomic E-state index is 13.5. The van der Waals surface area contributed by atoms with Crippen LogP contribution in [0.3, 0.4) is 0 Å². The number of hydrogen-bond acceptors (Lipinski definition) is 4. The SMILES string of the molecule is O=C(NCCC(=O)N1CCOC[C@@H](CO)C1)c1ccccc1F. The summed E-state index contributed by atoms with van der Waals surface area (Å²) in [6.07, 6.45) is 0.123. The molecule has 0 saturated carbocycles. The van der Waals surface area contributed by atoms with Gasteiger partial charge >= 0.3 is 0 Å². The van der Waals surface area contributed by atoms with Crippen molar-refractivity contribution in [3.05, 3.63) is 35.6 Å². The molecule has 0 aromatic heterocycles. The number of amides is 2. The van der Waals surface area contributed by atoms with Gasteiger partial charge in [0.05, 0.1) is 18.8 Å². The summed E-state index contributed by atoms with van der Waals surface area (Å²) in [7, 11) is 0. The summed E-state index contributed by atoms with van der Waals surface area (Å²) in [5, 5.41) is 11.7. The molecule has 1 fully saturated rings. The van der Waals surface area contributed by atoms with Crippen LogP contribution < -0.4 is 5.32 Å². The lowest BCUT2D eigenvalue weighted by atomic mass is 10.1. The molecule has 0 radical (unpaired) electrons. The third-order valence-electron chi connectivity index (χ3n) is 3.69. The zero-order valence-electron chi connectivity index (χ0n) is 12.8. The second kappa shape index (κ2) is 8.59. The number of hydrogen-bond donors (Lipinski definition) is 2. The Kier molecular flexibility index (Phi) is 6.49. The molecule has 7 heteroatoms. The fraction of sp³-hybridized carbons (Fsp3) is 0.500. The van der Waals surface area contributed by atoms with E-state index in [-0.39, 0.29) is 37.0 Å². The summed E-state index contributed by atoms with van der Waals surface area (Å²) in [4.78, 5) is 25.6. The number of ether oxygens (including phenoxy) is 1. The molecule has 6 nitrogen and oxygen atoms in total. The molecule has 0 unspecified atom stereocenters. The minimum Gasteiger partial charge on any atom is -0.396 e. The number of nitrogens with one attached hydrogen (secondary N) is 1. The highest BCUT2D eigenvalue weighted by Crippen LogP contribution is 2.08. The minimum atomic E-state index is -0.591. The van der Waals surface area contributed by atoms with Crippen molar-refractivity contribution < 1.29 is 23.8 Å². The quantitative estimate of drug-likeness (QED) is 0.822. The standard InChI is InChI=1S/C16H21FN2O4/c17-14-4-2-1-3-13(14)16(22)18-6-5-15(21)19-7-8-23-11-12(9-19)10-20/h1-4,12,20H,5-11H2,(H,18,22)/t12-/m1/s1. The van der Waals surface area contributed by atoms with Gasteiger partial charge < -0.3 is 20.1 Å². The van der Waals surface area contributed by atoms with E-state index in [9.17, 15) is 19.1 Å². The smallest absolute Gasteiger partial charge is 0.254 e. The average molecular weight is 324 g/mol. The molecule has 1 aliphatic rings. The van der Waals surface area contributed by atoms with Gasteiger partial charge in [0, 0.05) is 38.6 Å². The van der Waals surface area contributed by atoms with Crippen LogP contribution in [0.2, 0.25) is 0 Å². The van der Waals surface area contributed by atoms with Gasteiger partial charge in [-0.3, -0.25) is 9.59 Å². The predicted octanol–water partition coefficient (Wildman–Crippen LogP) is 0.413. The molecular formula is C16H21FN2O4. The Morgan fingerprint density at radius 2 is 2.17 bits per heavy atom. The van der Waals surface area contributed by atoms with E-state index in [1.54, 1.807) is 11.0 Å². The Morgan fingerprint density at radius 1 is 1.39 bits per heavy atom. The van der Waals surface area contributed by atoms with Gasteiger partial charge in [-0.05, 0) is 12.1 Å². The first-order chi connectivity index (χ1) is 11.1. The second-order valence-electron chi connectivity index (χ2n) is 5.45. The summed E-state index contributed by atoms with van der Waals surface area (Å²) < 4.78 is 18.8. The van der Waals surface area contributed by atoms with Gasteiger partial charge in [-0.1, -0.05) is 12.1 Å². The Balaban J connectivity index is 1.80. The van der Waals surface area contributed by atoms with E-state index in [0.717, 1.165) is 0 Å². The molecule has 2 N–H and O–H groups in total. The fourth-order valence-electron chi connectivity index (χ4n) is 2.40. The maximum absolute atomic E-state index is 13.5. The summed E-state index contributed by atoms with van der Waals surface area (Å²) in [6.45, 7) is 1.88. The van der Waals surface area contributed by atoms with E-state index in [0.29, 0.717) is 26.3 Å². The van der Waals surface area contributed by atoms with Crippen molar-refractivity contribution >= 4 is 11.8 Å². The Bertz CT molecular complexity index is 553. The van der Waals surface area contributed by atoms with Crippen LogP contribution in [0.25, 0.3) is 0 Å². The highest BCUT2D eigenvalue weighted by molar-refractivity contribution is 5.94. The molecule has 126 valence electrons. The summed E-state index contributed by atoms with van der Waals surface area (Å²) in [6, 6.07) is 5.70. The molecule has 1 aromatic rings. The minimum absolute atomic E-state index is 0.0339. The lowest BCUT2D eigenvalue weighted by Gasteiger charge is -2.22. The van der Waals surface area contributed by atoms with Crippen LogP contribution >= 0.6 is 0 Å². The largest absolute Gasteiger partial charge is 0.396 e. The molecule has 2 amide bonds. The van der Waals surface area contributed by atoms with Crippen molar-refractivity contribution in [1.29, 1.82) is 0 Å². The lowest BCUT2D eigenvalue weighted by Crippen LogP contribution is -2.38. The summed E-state index contributed by atoms with van der Waals surface area (Å²) >= 11 is 0. The van der Waals surface area contributed by atoms with Gasteiger partial charge in [-0.2, -0.15) is 0 Å². The Labute approximate surface area is 134 Å². The fourth-order valence-corrected chi connectivity index (χ4v) is 2.40. The number of rotatable bonds is 5. The van der Waals surface area contributed by atoms with Gasteiger partial charge in [-0.25, -0.2) is 4.39 Å². The van der Waals surface area contributed by atoms with Crippen molar-refractivity contribution in [1.82, 2.24) is 10.2 Å². The number of aliphatic hydroxyl groups excluding tert-OH is 1. The number of carbonyl (C=O) groups is 2. The third kappa shape index (κ3) is 5.01. The molecule has 1 aliphatic heterocycles. The van der Waals surface area contributed by atoms with E-state index < -0.39 is 11.7 Å². The zero-order valence-corrected chi connectivity index (χ0v) is 12.8. The van der Waals surface area contributed by atoms with Crippen molar-refractivity contribution in [3.8, 4) is 0 Å². The molecule has 2 rings (SSSR count). The van der Waals surface area contributed by atoms with Crippen LogP contribution in [-0.2, 0) is 9.53 Å². The Hall–Kier alpha value is -1.99. The van der Waals surface area contributed by atoms with E-state index >= 15 is 0 Å². The van der Waals surface area contributed by atoms with Crippen LogP contribution in [0.4, 0.5) is 4.39 Å². The lowest BCUT2D eigenvalue weighted by molar-refractivity contribution is -0.131. The van der Waals surface area contributed by atoms with Crippen LogP contribution in [0.1, 0.15) is 16.8 Å². The molecule has 0 aliphatic carbocycles. The van der Waals surface area contributed by atoms with Crippen LogP contribution in [0.15, 0.2) is 24.3 Å². The first-order valence-corrected chi connectivity index (χ1v) is 7.61. The van der Waals surface area contributed by atoms with E-state index in [1.807, 2.05) is 0 Å². The number of aliphatic hydroxyl groups is 1. The maximum Gasteiger partial charge on any atom is 0.254 e. The molecule has 23 heavy (non-hydrogen) atoms.